The Morgan fingerprint density at radius 2 is 1.69 bits per heavy atom. The van der Waals surface area contributed by atoms with Gasteiger partial charge in [0.2, 0.25) is 0 Å². The predicted octanol–water partition coefficient (Wildman–Crippen LogP) is 2.86. The van der Waals surface area contributed by atoms with Crippen LogP contribution in [0.1, 0.15) is 17.3 Å². The van der Waals surface area contributed by atoms with Crippen LogP contribution in [0.15, 0.2) is 55.0 Å². The molecule has 0 radical (unpaired) electrons. The first kappa shape index (κ1) is 21.4. The zero-order valence-electron chi connectivity index (χ0n) is 18.1. The number of nitrogens with zero attached hydrogens (tertiary/aromatic N) is 5. The number of carbonyl (C=O) groups is 2. The largest absolute Gasteiger partial charge is 0.497 e. The first-order valence-corrected chi connectivity index (χ1v) is 10.5. The van der Waals surface area contributed by atoms with Gasteiger partial charge >= 0.3 is 6.09 Å². The molecule has 166 valence electrons. The quantitative estimate of drug-likeness (QED) is 0.612. The van der Waals surface area contributed by atoms with E-state index in [2.05, 4.69) is 10.1 Å². The Bertz CT molecular complexity index is 1070. The van der Waals surface area contributed by atoms with Gasteiger partial charge in [-0.3, -0.25) is 9.78 Å². The minimum Gasteiger partial charge on any atom is -0.497 e. The molecule has 1 fully saturated rings. The minimum atomic E-state index is -0.333. The SMILES string of the molecule is CCOC(=O)N1CCN(C(=O)c2ccc(-c3cnn(-c4ccc(OC)cc4)c3)nc2)CC1. The van der Waals surface area contributed by atoms with Gasteiger partial charge in [0.1, 0.15) is 5.75 Å². The molecular weight excluding hydrogens is 410 g/mol. The maximum atomic E-state index is 12.8. The number of pyridine rings is 1. The van der Waals surface area contributed by atoms with Crippen LogP contribution in [0.4, 0.5) is 4.79 Å². The third kappa shape index (κ3) is 4.56. The molecule has 0 bridgehead atoms. The molecule has 1 aromatic carbocycles. The van der Waals surface area contributed by atoms with E-state index in [9.17, 15) is 9.59 Å². The minimum absolute atomic E-state index is 0.0958. The third-order valence-electron chi connectivity index (χ3n) is 5.32. The zero-order valence-corrected chi connectivity index (χ0v) is 18.1. The van der Waals surface area contributed by atoms with E-state index in [1.807, 2.05) is 36.5 Å². The van der Waals surface area contributed by atoms with Gasteiger partial charge in [0.15, 0.2) is 0 Å². The molecule has 1 saturated heterocycles. The van der Waals surface area contributed by atoms with Crippen LogP contribution >= 0.6 is 0 Å². The monoisotopic (exact) mass is 435 g/mol. The van der Waals surface area contributed by atoms with Crippen LogP contribution in [-0.2, 0) is 4.74 Å². The smallest absolute Gasteiger partial charge is 0.409 e. The molecule has 0 spiro atoms. The molecule has 0 atom stereocenters. The van der Waals surface area contributed by atoms with Gasteiger partial charge in [-0.1, -0.05) is 0 Å². The van der Waals surface area contributed by atoms with Crippen molar-refractivity contribution in [2.24, 2.45) is 0 Å². The molecule has 32 heavy (non-hydrogen) atoms. The third-order valence-corrected chi connectivity index (χ3v) is 5.32. The van der Waals surface area contributed by atoms with Crippen LogP contribution in [0.5, 0.6) is 5.75 Å². The second-order valence-corrected chi connectivity index (χ2v) is 7.28. The van der Waals surface area contributed by atoms with Crippen LogP contribution in [0.25, 0.3) is 16.9 Å². The number of rotatable bonds is 5. The lowest BCUT2D eigenvalue weighted by molar-refractivity contribution is 0.0570. The summed E-state index contributed by atoms with van der Waals surface area (Å²) >= 11 is 0. The Labute approximate surface area is 186 Å². The Kier molecular flexibility index (Phi) is 6.34. The molecule has 0 saturated carbocycles. The van der Waals surface area contributed by atoms with E-state index in [0.717, 1.165) is 22.7 Å². The summed E-state index contributed by atoms with van der Waals surface area (Å²) in [6.07, 6.45) is 4.88. The number of hydrogen-bond acceptors (Lipinski definition) is 6. The van der Waals surface area contributed by atoms with E-state index in [0.29, 0.717) is 38.3 Å². The van der Waals surface area contributed by atoms with E-state index in [1.54, 1.807) is 47.0 Å². The molecule has 0 unspecified atom stereocenters. The van der Waals surface area contributed by atoms with Crippen LogP contribution in [0, 0.1) is 0 Å². The molecule has 3 aromatic rings. The number of benzene rings is 1. The highest BCUT2D eigenvalue weighted by atomic mass is 16.6. The fraction of sp³-hybridized carbons (Fsp3) is 0.304. The van der Waals surface area contributed by atoms with Crippen molar-refractivity contribution < 1.29 is 19.1 Å². The maximum Gasteiger partial charge on any atom is 0.409 e. The standard InChI is InChI=1S/C23H25N5O4/c1-3-32-23(30)27-12-10-26(11-13-27)22(29)17-4-9-21(24-14-17)18-15-25-28(16-18)19-5-7-20(31-2)8-6-19/h4-9,14-16H,3,10-13H2,1-2H3. The molecule has 2 aromatic heterocycles. The summed E-state index contributed by atoms with van der Waals surface area (Å²) in [4.78, 5) is 32.4. The van der Waals surface area contributed by atoms with E-state index in [1.165, 1.54) is 0 Å². The zero-order chi connectivity index (χ0) is 22.5. The molecular formula is C23H25N5O4. The van der Waals surface area contributed by atoms with Gasteiger partial charge in [-0.2, -0.15) is 5.10 Å². The second-order valence-electron chi connectivity index (χ2n) is 7.28. The topological polar surface area (TPSA) is 89.8 Å². The van der Waals surface area contributed by atoms with Crippen LogP contribution in [-0.4, -0.2) is 76.5 Å². The molecule has 9 heteroatoms. The Morgan fingerprint density at radius 3 is 2.31 bits per heavy atom. The van der Waals surface area contributed by atoms with Crippen molar-refractivity contribution in [3.63, 3.8) is 0 Å². The molecule has 0 aliphatic carbocycles. The van der Waals surface area contributed by atoms with E-state index in [4.69, 9.17) is 9.47 Å². The van der Waals surface area contributed by atoms with Crippen LogP contribution in [0.3, 0.4) is 0 Å². The van der Waals surface area contributed by atoms with Gasteiger partial charge < -0.3 is 19.3 Å². The summed E-state index contributed by atoms with van der Waals surface area (Å²) in [5, 5.41) is 4.40. The van der Waals surface area contributed by atoms with Crippen LogP contribution < -0.4 is 4.74 Å². The van der Waals surface area contributed by atoms with Crippen molar-refractivity contribution in [2.75, 3.05) is 39.9 Å². The lowest BCUT2D eigenvalue weighted by atomic mass is 10.1. The molecule has 4 rings (SSSR count). The summed E-state index contributed by atoms with van der Waals surface area (Å²) in [6, 6.07) is 11.2. The van der Waals surface area contributed by atoms with E-state index >= 15 is 0 Å². The van der Waals surface area contributed by atoms with Crippen molar-refractivity contribution in [3.8, 4) is 22.7 Å². The number of methoxy groups -OCH3 is 1. The summed E-state index contributed by atoms with van der Waals surface area (Å²) in [5.74, 6) is 0.687. The summed E-state index contributed by atoms with van der Waals surface area (Å²) in [6.45, 7) is 3.97. The molecule has 1 aliphatic rings. The number of aromatic nitrogens is 3. The van der Waals surface area contributed by atoms with Gasteiger partial charge in [-0.15, -0.1) is 0 Å². The Balaban J connectivity index is 1.40. The van der Waals surface area contributed by atoms with Crippen molar-refractivity contribution in [1.82, 2.24) is 24.6 Å². The second kappa shape index (κ2) is 9.51. The van der Waals surface area contributed by atoms with Crippen molar-refractivity contribution in [3.05, 3.63) is 60.6 Å². The number of carbonyl (C=O) groups excluding carboxylic acids is 2. The highest BCUT2D eigenvalue weighted by Gasteiger charge is 2.25. The highest BCUT2D eigenvalue weighted by molar-refractivity contribution is 5.94. The molecule has 2 amide bonds. The van der Waals surface area contributed by atoms with Crippen molar-refractivity contribution in [1.29, 1.82) is 0 Å². The molecule has 9 nitrogen and oxygen atoms in total. The normalized spacial score (nSPS) is 13.7. The number of ether oxygens (including phenoxy) is 2. The van der Waals surface area contributed by atoms with Gasteiger partial charge in [0.05, 0.1) is 36.9 Å². The number of amides is 2. The molecule has 1 aliphatic heterocycles. The van der Waals surface area contributed by atoms with E-state index in [-0.39, 0.29) is 12.0 Å². The first-order valence-electron chi connectivity index (χ1n) is 10.5. The highest BCUT2D eigenvalue weighted by Crippen LogP contribution is 2.20. The van der Waals surface area contributed by atoms with Gasteiger partial charge in [-0.05, 0) is 43.3 Å². The van der Waals surface area contributed by atoms with Gasteiger partial charge in [0.25, 0.3) is 5.91 Å². The number of hydrogen-bond donors (Lipinski definition) is 0. The lowest BCUT2D eigenvalue weighted by Crippen LogP contribution is -2.50. The Hall–Kier alpha value is -3.88. The number of piperazine rings is 1. The molecule has 3 heterocycles. The first-order chi connectivity index (χ1) is 15.6. The average Bonchev–Trinajstić information content (AvgIpc) is 3.34. The van der Waals surface area contributed by atoms with Crippen molar-refractivity contribution in [2.45, 2.75) is 6.92 Å². The predicted molar refractivity (Wildman–Crippen MR) is 118 cm³/mol. The average molecular weight is 435 g/mol. The summed E-state index contributed by atoms with van der Waals surface area (Å²) in [7, 11) is 1.63. The summed E-state index contributed by atoms with van der Waals surface area (Å²) in [5.41, 5.74) is 3.00. The fourth-order valence-electron chi connectivity index (χ4n) is 3.51. The van der Waals surface area contributed by atoms with Crippen molar-refractivity contribution >= 4 is 12.0 Å². The van der Waals surface area contributed by atoms with E-state index < -0.39 is 0 Å². The van der Waals surface area contributed by atoms with Crippen LogP contribution in [0.2, 0.25) is 0 Å². The lowest BCUT2D eigenvalue weighted by Gasteiger charge is -2.34. The molecule has 0 N–H and O–H groups in total. The van der Waals surface area contributed by atoms with Gasteiger partial charge in [0, 0.05) is 44.1 Å². The summed E-state index contributed by atoms with van der Waals surface area (Å²) < 4.78 is 12.0. The maximum absolute atomic E-state index is 12.8. The fourth-order valence-corrected chi connectivity index (χ4v) is 3.51. The Morgan fingerprint density at radius 1 is 0.969 bits per heavy atom. The van der Waals surface area contributed by atoms with Gasteiger partial charge in [-0.25, -0.2) is 9.48 Å².